The number of nitrogens with zero attached hydrogens (tertiary/aromatic N) is 1. The number of aromatic nitrogens is 1. The summed E-state index contributed by atoms with van der Waals surface area (Å²) in [5.41, 5.74) is 3.97. The van der Waals surface area contributed by atoms with Crippen molar-refractivity contribution in [1.82, 2.24) is 4.98 Å². The van der Waals surface area contributed by atoms with E-state index in [1.165, 1.54) is 0 Å². The number of nitrogens with one attached hydrogen (secondary N) is 1. The number of benzene rings is 2. The maximum atomic E-state index is 12.9. The normalized spacial score (nSPS) is 13.0. The third-order valence-electron chi connectivity index (χ3n) is 4.82. The molecule has 1 aliphatic rings. The molecule has 0 spiro atoms. The molecule has 28 heavy (non-hydrogen) atoms. The van der Waals surface area contributed by atoms with E-state index in [4.69, 9.17) is 9.72 Å². The molecule has 0 aliphatic heterocycles. The van der Waals surface area contributed by atoms with E-state index in [-0.39, 0.29) is 12.5 Å². The first kappa shape index (κ1) is 18.9. The molecule has 0 fully saturated rings. The van der Waals surface area contributed by atoms with E-state index in [9.17, 15) is 9.59 Å². The second-order valence-corrected chi connectivity index (χ2v) is 8.02. The highest BCUT2D eigenvalue weighted by Crippen LogP contribution is 2.29. The number of amides is 1. The number of rotatable bonds is 4. The molecule has 1 aliphatic carbocycles. The number of anilines is 1. The van der Waals surface area contributed by atoms with Gasteiger partial charge in [0.2, 0.25) is 0 Å². The SMILES string of the molecule is O=C(COC(=O)c1c2c(nc3ccccc13)CCCC2)Nc1cccc(I)c1. The second-order valence-electron chi connectivity index (χ2n) is 6.77. The fourth-order valence-corrected chi connectivity index (χ4v) is 4.12. The summed E-state index contributed by atoms with van der Waals surface area (Å²) in [6, 6.07) is 15.0. The van der Waals surface area contributed by atoms with Crippen LogP contribution in [0.25, 0.3) is 10.9 Å². The van der Waals surface area contributed by atoms with Gasteiger partial charge in [0, 0.05) is 20.3 Å². The molecule has 0 atom stereocenters. The Hall–Kier alpha value is -2.48. The van der Waals surface area contributed by atoms with Gasteiger partial charge in [0.25, 0.3) is 5.91 Å². The molecule has 4 rings (SSSR count). The number of hydrogen-bond donors (Lipinski definition) is 1. The minimum Gasteiger partial charge on any atom is -0.452 e. The van der Waals surface area contributed by atoms with E-state index < -0.39 is 5.97 Å². The van der Waals surface area contributed by atoms with E-state index in [0.29, 0.717) is 11.3 Å². The fourth-order valence-electron chi connectivity index (χ4n) is 3.57. The Balaban J connectivity index is 1.55. The number of pyridine rings is 1. The number of para-hydroxylation sites is 1. The summed E-state index contributed by atoms with van der Waals surface area (Å²) in [5, 5.41) is 3.54. The monoisotopic (exact) mass is 486 g/mol. The van der Waals surface area contributed by atoms with Crippen molar-refractivity contribution in [1.29, 1.82) is 0 Å². The van der Waals surface area contributed by atoms with Crippen molar-refractivity contribution >= 4 is 51.1 Å². The number of hydrogen-bond acceptors (Lipinski definition) is 4. The maximum absolute atomic E-state index is 12.9. The molecule has 1 N–H and O–H groups in total. The number of aryl methyl sites for hydroxylation is 1. The Bertz CT molecular complexity index is 1060. The molecule has 6 heteroatoms. The van der Waals surface area contributed by atoms with Gasteiger partial charge < -0.3 is 10.1 Å². The first-order valence-corrected chi connectivity index (χ1v) is 10.3. The average Bonchev–Trinajstić information content (AvgIpc) is 2.70. The van der Waals surface area contributed by atoms with Crippen molar-refractivity contribution in [3.05, 3.63) is 68.9 Å². The fraction of sp³-hybridized carbons (Fsp3) is 0.227. The molecule has 1 amide bonds. The van der Waals surface area contributed by atoms with Gasteiger partial charge in [-0.3, -0.25) is 9.78 Å². The zero-order valence-corrected chi connectivity index (χ0v) is 17.4. The predicted molar refractivity (Wildman–Crippen MR) is 116 cm³/mol. The van der Waals surface area contributed by atoms with Crippen LogP contribution in [-0.4, -0.2) is 23.5 Å². The largest absolute Gasteiger partial charge is 0.452 e. The smallest absolute Gasteiger partial charge is 0.339 e. The van der Waals surface area contributed by atoms with Gasteiger partial charge in [-0.1, -0.05) is 24.3 Å². The Labute approximate surface area is 176 Å². The van der Waals surface area contributed by atoms with Crippen molar-refractivity contribution in [3.63, 3.8) is 0 Å². The van der Waals surface area contributed by atoms with Crippen LogP contribution in [-0.2, 0) is 22.4 Å². The minimum absolute atomic E-state index is 0.324. The molecule has 0 bridgehead atoms. The van der Waals surface area contributed by atoms with Gasteiger partial charge in [-0.15, -0.1) is 0 Å². The van der Waals surface area contributed by atoms with E-state index >= 15 is 0 Å². The van der Waals surface area contributed by atoms with Gasteiger partial charge in [0.05, 0.1) is 11.1 Å². The summed E-state index contributed by atoms with van der Waals surface area (Å²) in [6.07, 6.45) is 3.78. The average molecular weight is 486 g/mol. The molecule has 0 unspecified atom stereocenters. The van der Waals surface area contributed by atoms with E-state index in [1.54, 1.807) is 6.07 Å². The van der Waals surface area contributed by atoms with Crippen molar-refractivity contribution in [2.24, 2.45) is 0 Å². The number of carbonyl (C=O) groups excluding carboxylic acids is 2. The van der Waals surface area contributed by atoms with Crippen molar-refractivity contribution in [2.45, 2.75) is 25.7 Å². The molecule has 0 saturated carbocycles. The Kier molecular flexibility index (Phi) is 5.57. The van der Waals surface area contributed by atoms with E-state index in [0.717, 1.165) is 51.4 Å². The standard InChI is InChI=1S/C22H19IN2O3/c23-14-6-5-7-15(12-14)24-20(26)13-28-22(27)21-16-8-1-3-10-18(16)25-19-11-4-2-9-17(19)21/h1,3,5-8,10,12H,2,4,9,11,13H2,(H,24,26). The van der Waals surface area contributed by atoms with Crippen molar-refractivity contribution in [3.8, 4) is 0 Å². The van der Waals surface area contributed by atoms with Gasteiger partial charge in [0.15, 0.2) is 6.61 Å². The summed E-state index contributed by atoms with van der Waals surface area (Å²) in [4.78, 5) is 29.8. The molecule has 0 radical (unpaired) electrons. The minimum atomic E-state index is -0.463. The van der Waals surface area contributed by atoms with Crippen molar-refractivity contribution < 1.29 is 14.3 Å². The van der Waals surface area contributed by atoms with Gasteiger partial charge in [-0.05, 0) is 78.1 Å². The van der Waals surface area contributed by atoms with Crippen LogP contribution in [0.4, 0.5) is 5.69 Å². The lowest BCUT2D eigenvalue weighted by Crippen LogP contribution is -2.22. The lowest BCUT2D eigenvalue weighted by Gasteiger charge is -2.19. The van der Waals surface area contributed by atoms with Crippen LogP contribution in [0.1, 0.15) is 34.5 Å². The molecular formula is C22H19IN2O3. The highest BCUT2D eigenvalue weighted by Gasteiger charge is 2.24. The van der Waals surface area contributed by atoms with Crippen LogP contribution < -0.4 is 5.32 Å². The number of halogens is 1. The lowest BCUT2D eigenvalue weighted by atomic mass is 9.90. The quantitative estimate of drug-likeness (QED) is 0.435. The third-order valence-corrected chi connectivity index (χ3v) is 5.49. The Morgan fingerprint density at radius 1 is 1.07 bits per heavy atom. The maximum Gasteiger partial charge on any atom is 0.339 e. The number of ether oxygens (including phenoxy) is 1. The summed E-state index contributed by atoms with van der Waals surface area (Å²) >= 11 is 2.18. The second kappa shape index (κ2) is 8.26. The Morgan fingerprint density at radius 3 is 2.75 bits per heavy atom. The zero-order chi connectivity index (χ0) is 19.5. The van der Waals surface area contributed by atoms with Gasteiger partial charge >= 0.3 is 5.97 Å². The number of fused-ring (bicyclic) bond motifs is 2. The molecule has 5 nitrogen and oxygen atoms in total. The Morgan fingerprint density at radius 2 is 1.89 bits per heavy atom. The van der Waals surface area contributed by atoms with Crippen LogP contribution in [0.15, 0.2) is 48.5 Å². The summed E-state index contributed by atoms with van der Waals surface area (Å²) in [7, 11) is 0. The predicted octanol–water partition coefficient (Wildman–Crippen LogP) is 4.51. The van der Waals surface area contributed by atoms with Crippen LogP contribution in [0.2, 0.25) is 0 Å². The van der Waals surface area contributed by atoms with Crippen LogP contribution in [0.3, 0.4) is 0 Å². The highest BCUT2D eigenvalue weighted by atomic mass is 127. The van der Waals surface area contributed by atoms with Gasteiger partial charge in [-0.25, -0.2) is 4.79 Å². The molecule has 3 aromatic rings. The third kappa shape index (κ3) is 4.01. The first-order valence-electron chi connectivity index (χ1n) is 9.25. The highest BCUT2D eigenvalue weighted by molar-refractivity contribution is 14.1. The lowest BCUT2D eigenvalue weighted by molar-refractivity contribution is -0.119. The number of esters is 1. The zero-order valence-electron chi connectivity index (χ0n) is 15.2. The summed E-state index contributed by atoms with van der Waals surface area (Å²) < 4.78 is 6.40. The molecule has 1 heterocycles. The summed E-state index contributed by atoms with van der Waals surface area (Å²) in [6.45, 7) is -0.324. The van der Waals surface area contributed by atoms with E-state index in [2.05, 4.69) is 27.9 Å². The van der Waals surface area contributed by atoms with E-state index in [1.807, 2.05) is 42.5 Å². The van der Waals surface area contributed by atoms with Crippen molar-refractivity contribution in [2.75, 3.05) is 11.9 Å². The first-order chi connectivity index (χ1) is 13.6. The summed E-state index contributed by atoms with van der Waals surface area (Å²) in [5.74, 6) is -0.822. The van der Waals surface area contributed by atoms with Crippen LogP contribution in [0, 0.1) is 3.57 Å². The molecular weight excluding hydrogens is 467 g/mol. The molecule has 0 saturated heterocycles. The van der Waals surface area contributed by atoms with Crippen LogP contribution in [0.5, 0.6) is 0 Å². The van der Waals surface area contributed by atoms with Gasteiger partial charge in [0.1, 0.15) is 0 Å². The number of carbonyl (C=O) groups is 2. The van der Waals surface area contributed by atoms with Crippen LogP contribution >= 0.6 is 22.6 Å². The molecule has 2 aromatic carbocycles. The van der Waals surface area contributed by atoms with Gasteiger partial charge in [-0.2, -0.15) is 0 Å². The molecule has 1 aromatic heterocycles. The molecule has 142 valence electrons. The topological polar surface area (TPSA) is 68.3 Å².